The predicted molar refractivity (Wildman–Crippen MR) is 165 cm³/mol. The van der Waals surface area contributed by atoms with E-state index in [4.69, 9.17) is 27.9 Å². The van der Waals surface area contributed by atoms with Gasteiger partial charge in [-0.2, -0.15) is 5.26 Å². The summed E-state index contributed by atoms with van der Waals surface area (Å²) < 4.78 is 37.4. The van der Waals surface area contributed by atoms with Crippen molar-refractivity contribution >= 4 is 41.3 Å². The summed E-state index contributed by atoms with van der Waals surface area (Å²) in [5, 5.41) is 20.7. The Bertz CT molecular complexity index is 1640. The molecule has 5 atom stereocenters. The lowest BCUT2D eigenvalue weighted by Gasteiger charge is -2.47. The number of nitriles is 1. The van der Waals surface area contributed by atoms with E-state index in [2.05, 4.69) is 6.07 Å². The summed E-state index contributed by atoms with van der Waals surface area (Å²) in [7, 11) is 1.36. The van der Waals surface area contributed by atoms with Gasteiger partial charge in [-0.15, -0.1) is 0 Å². The van der Waals surface area contributed by atoms with Gasteiger partial charge in [0.05, 0.1) is 35.6 Å². The fourth-order valence-corrected chi connectivity index (χ4v) is 7.33. The van der Waals surface area contributed by atoms with Gasteiger partial charge in [0.2, 0.25) is 6.41 Å². The number of halogens is 4. The van der Waals surface area contributed by atoms with Crippen LogP contribution in [0.25, 0.3) is 0 Å². The molecule has 0 bridgehead atoms. The third-order valence-electron chi connectivity index (χ3n) is 8.52. The molecule has 1 amide bonds. The average molecular weight is 645 g/mol. The van der Waals surface area contributed by atoms with Crippen molar-refractivity contribution in [2.24, 2.45) is 5.41 Å². The molecule has 4 rings (SSSR count). The van der Waals surface area contributed by atoms with Crippen molar-refractivity contribution in [1.29, 1.82) is 5.26 Å². The molecule has 1 aliphatic heterocycles. The summed E-state index contributed by atoms with van der Waals surface area (Å²) in [6.07, 6.45) is -0.230. The van der Waals surface area contributed by atoms with E-state index in [0.717, 1.165) is 6.07 Å². The first-order valence-corrected chi connectivity index (χ1v) is 14.6. The summed E-state index contributed by atoms with van der Waals surface area (Å²) >= 11 is 12.4. The van der Waals surface area contributed by atoms with Crippen LogP contribution < -0.4 is 9.64 Å². The summed E-state index contributed by atoms with van der Waals surface area (Å²) in [5.74, 6) is -3.44. The lowest BCUT2D eigenvalue weighted by molar-refractivity contribution is -0.109. The van der Waals surface area contributed by atoms with Crippen molar-refractivity contribution < 1.29 is 28.2 Å². The van der Waals surface area contributed by atoms with Crippen LogP contribution in [0.2, 0.25) is 10.0 Å². The lowest BCUT2D eigenvalue weighted by Crippen LogP contribution is -2.58. The van der Waals surface area contributed by atoms with Gasteiger partial charge in [-0.05, 0) is 61.2 Å². The van der Waals surface area contributed by atoms with E-state index in [-0.39, 0.29) is 38.2 Å². The molecular formula is C33H33Cl2F2N3O4. The Morgan fingerprint density at radius 2 is 1.86 bits per heavy atom. The van der Waals surface area contributed by atoms with Crippen molar-refractivity contribution in [3.8, 4) is 11.8 Å². The third kappa shape index (κ3) is 5.40. The highest BCUT2D eigenvalue weighted by molar-refractivity contribution is 6.31. The van der Waals surface area contributed by atoms with Gasteiger partial charge in [0, 0.05) is 28.6 Å². The Hall–Kier alpha value is -3.71. The molecule has 232 valence electrons. The number of hydrogen-bond donors (Lipinski definition) is 1. The molecule has 0 radical (unpaired) electrons. The number of carboxylic acids is 1. The number of nitrogens with zero attached hydrogens (tertiary/aromatic N) is 3. The number of methoxy groups -OCH3 is 1. The summed E-state index contributed by atoms with van der Waals surface area (Å²) in [6.45, 7) is 9.24. The van der Waals surface area contributed by atoms with Gasteiger partial charge in [-0.25, -0.2) is 13.6 Å². The van der Waals surface area contributed by atoms with E-state index in [9.17, 15) is 20.0 Å². The fraction of sp³-hybridized carbons (Fsp3) is 0.364. The highest BCUT2D eigenvalue weighted by atomic mass is 35.5. The molecule has 3 aromatic rings. The largest absolute Gasteiger partial charge is 0.495 e. The molecular weight excluding hydrogens is 611 g/mol. The van der Waals surface area contributed by atoms with E-state index < -0.39 is 52.6 Å². The van der Waals surface area contributed by atoms with Crippen LogP contribution in [0.1, 0.15) is 62.0 Å². The molecule has 3 aromatic carbocycles. The zero-order chi connectivity index (χ0) is 32.7. The minimum absolute atomic E-state index is 0.0376. The van der Waals surface area contributed by atoms with Gasteiger partial charge >= 0.3 is 5.97 Å². The minimum Gasteiger partial charge on any atom is -0.495 e. The topological polar surface area (TPSA) is 93.9 Å². The Morgan fingerprint density at radius 1 is 1.18 bits per heavy atom. The van der Waals surface area contributed by atoms with Crippen LogP contribution in [0.3, 0.4) is 0 Å². The molecule has 7 nitrogen and oxygen atoms in total. The molecule has 1 N–H and O–H groups in total. The maximum absolute atomic E-state index is 16.0. The van der Waals surface area contributed by atoms with E-state index in [1.165, 1.54) is 48.4 Å². The number of likely N-dealkylation sites (tertiary alicyclic amines) is 1. The van der Waals surface area contributed by atoms with Crippen LogP contribution in [0, 0.1) is 28.4 Å². The quantitative estimate of drug-likeness (QED) is 0.253. The lowest BCUT2D eigenvalue weighted by atomic mass is 9.60. The van der Waals surface area contributed by atoms with Crippen molar-refractivity contribution in [1.82, 2.24) is 4.90 Å². The van der Waals surface area contributed by atoms with Crippen LogP contribution in [0.4, 0.5) is 14.5 Å². The number of benzene rings is 3. The number of carboxylic acid groups (broad SMARTS) is 1. The zero-order valence-electron chi connectivity index (χ0n) is 25.1. The summed E-state index contributed by atoms with van der Waals surface area (Å²) in [5.41, 5.74) is -2.04. The first kappa shape index (κ1) is 33.2. The molecule has 11 heteroatoms. The van der Waals surface area contributed by atoms with Gasteiger partial charge in [-0.1, -0.05) is 62.2 Å². The second kappa shape index (κ2) is 12.4. The molecule has 0 spiro atoms. The number of ether oxygens (including phenoxy) is 1. The number of rotatable bonds is 8. The molecule has 3 unspecified atom stereocenters. The molecule has 1 aliphatic rings. The van der Waals surface area contributed by atoms with E-state index in [0.29, 0.717) is 6.41 Å². The molecule has 1 saturated heterocycles. The van der Waals surface area contributed by atoms with Gasteiger partial charge in [0.1, 0.15) is 22.8 Å². The maximum atomic E-state index is 16.0. The van der Waals surface area contributed by atoms with Crippen LogP contribution in [0.15, 0.2) is 54.6 Å². The summed E-state index contributed by atoms with van der Waals surface area (Å²) in [4.78, 5) is 27.7. The van der Waals surface area contributed by atoms with Gasteiger partial charge in [0.15, 0.2) is 0 Å². The number of aromatic carboxylic acids is 1. The van der Waals surface area contributed by atoms with Crippen molar-refractivity contribution in [2.75, 3.05) is 12.0 Å². The Kier molecular flexibility index (Phi) is 9.32. The highest BCUT2D eigenvalue weighted by Gasteiger charge is 2.65. The molecule has 0 saturated carbocycles. The number of hydrogen-bond acceptors (Lipinski definition) is 5. The van der Waals surface area contributed by atoms with Crippen LogP contribution in [-0.2, 0) is 10.2 Å². The van der Waals surface area contributed by atoms with Gasteiger partial charge in [0.25, 0.3) is 0 Å². The van der Waals surface area contributed by atoms with Crippen LogP contribution in [-0.4, -0.2) is 47.7 Å². The smallest absolute Gasteiger partial charge is 0.335 e. The van der Waals surface area contributed by atoms with E-state index in [1.807, 2.05) is 25.7 Å². The normalized spacial score (nSPS) is 22.7. The predicted octanol–water partition coefficient (Wildman–Crippen LogP) is 7.65. The van der Waals surface area contributed by atoms with Crippen molar-refractivity contribution in [2.45, 2.75) is 64.2 Å². The van der Waals surface area contributed by atoms with Crippen LogP contribution >= 0.6 is 23.2 Å². The monoisotopic (exact) mass is 643 g/mol. The van der Waals surface area contributed by atoms with Crippen molar-refractivity contribution in [3.05, 3.63) is 93.0 Å². The first-order valence-electron chi connectivity index (χ1n) is 13.9. The van der Waals surface area contributed by atoms with E-state index >= 15 is 8.78 Å². The number of anilines is 1. The standard InChI is InChI=1S/C33H33Cl2F2N3O4/c1-18-28(22-8-7-9-24(35)29(22)37)33(16-38,23-12-11-21(34)15-25(23)36)31(32(3,4)5)40(18)19(2)39(17-41)26-13-10-20(30(42)43)14-27(26)44-6/h7-15,17-19,28,31H,1-6H3,(H,42,43)/t18-,19?,28?,31?,33+/m0/s1. The molecule has 44 heavy (non-hydrogen) atoms. The second-order valence-electron chi connectivity index (χ2n) is 12.0. The number of amides is 1. The first-order chi connectivity index (χ1) is 20.6. The maximum Gasteiger partial charge on any atom is 0.335 e. The Labute approximate surface area is 265 Å². The Morgan fingerprint density at radius 3 is 2.41 bits per heavy atom. The number of carbonyl (C=O) groups is 2. The van der Waals surface area contributed by atoms with Crippen molar-refractivity contribution in [3.63, 3.8) is 0 Å². The fourth-order valence-electron chi connectivity index (χ4n) is 6.99. The zero-order valence-corrected chi connectivity index (χ0v) is 26.6. The average Bonchev–Trinajstić information content (AvgIpc) is 3.24. The molecule has 0 aliphatic carbocycles. The molecule has 1 heterocycles. The summed E-state index contributed by atoms with van der Waals surface area (Å²) in [6, 6.07) is 13.7. The van der Waals surface area contributed by atoms with Gasteiger partial charge < -0.3 is 9.84 Å². The molecule has 1 fully saturated rings. The highest BCUT2D eigenvalue weighted by Crippen LogP contribution is 2.59. The minimum atomic E-state index is -1.70. The SMILES string of the molecule is COc1cc(C(=O)O)ccc1N(C=O)C(C)N1C(C(C)(C)C)[C@](C#N)(c2ccc(Cl)cc2F)C(c2cccc(Cl)c2F)[C@@H]1C. The van der Waals surface area contributed by atoms with Crippen LogP contribution in [0.5, 0.6) is 5.75 Å². The molecule has 0 aromatic heterocycles. The van der Waals surface area contributed by atoms with E-state index in [1.54, 1.807) is 26.0 Å². The second-order valence-corrected chi connectivity index (χ2v) is 12.9. The Balaban J connectivity index is 2.05. The number of carbonyl (C=O) groups excluding carboxylic acids is 1. The third-order valence-corrected chi connectivity index (χ3v) is 9.05. The van der Waals surface area contributed by atoms with Gasteiger partial charge in [-0.3, -0.25) is 14.6 Å².